The van der Waals surface area contributed by atoms with Crippen LogP contribution in [0.4, 0.5) is 5.69 Å². The predicted molar refractivity (Wildman–Crippen MR) is 110 cm³/mol. The summed E-state index contributed by atoms with van der Waals surface area (Å²) in [5.41, 5.74) is 2.48. The first-order chi connectivity index (χ1) is 13.4. The molecule has 6 nitrogen and oxygen atoms in total. The van der Waals surface area contributed by atoms with Gasteiger partial charge in [-0.15, -0.1) is 0 Å². The second kappa shape index (κ2) is 9.78. The Morgan fingerprint density at radius 3 is 2.29 bits per heavy atom. The Balaban J connectivity index is 2.08. The number of methoxy groups -OCH3 is 2. The van der Waals surface area contributed by atoms with Crippen LogP contribution in [-0.4, -0.2) is 26.0 Å². The molecule has 2 rings (SSSR count). The van der Waals surface area contributed by atoms with Crippen molar-refractivity contribution in [1.29, 1.82) is 0 Å². The molecule has 0 bridgehead atoms. The van der Waals surface area contributed by atoms with E-state index in [0.717, 1.165) is 17.5 Å². The molecule has 2 amide bonds. The number of hydrogen-bond donors (Lipinski definition) is 2. The van der Waals surface area contributed by atoms with Gasteiger partial charge in [-0.2, -0.15) is 0 Å². The van der Waals surface area contributed by atoms with Crippen LogP contribution in [0.15, 0.2) is 42.5 Å². The normalized spacial score (nSPS) is 12.6. The maximum absolute atomic E-state index is 12.4. The van der Waals surface area contributed by atoms with Crippen LogP contribution in [0.3, 0.4) is 0 Å². The Labute approximate surface area is 166 Å². The SMILES string of the molecule is CCC(C)c1ccccc1NC(=O)C(=O)NC(C)c1ccc(OC)c(OC)c1. The lowest BCUT2D eigenvalue weighted by Gasteiger charge is -2.18. The van der Waals surface area contributed by atoms with Crippen LogP contribution in [0.2, 0.25) is 0 Å². The van der Waals surface area contributed by atoms with E-state index in [4.69, 9.17) is 9.47 Å². The van der Waals surface area contributed by atoms with Crippen molar-refractivity contribution < 1.29 is 19.1 Å². The first kappa shape index (κ1) is 21.3. The van der Waals surface area contributed by atoms with Gasteiger partial charge in [0.15, 0.2) is 11.5 Å². The molecular formula is C22H28N2O4. The Kier molecular flexibility index (Phi) is 7.44. The van der Waals surface area contributed by atoms with Crippen LogP contribution in [-0.2, 0) is 9.59 Å². The molecule has 0 radical (unpaired) electrons. The minimum atomic E-state index is -0.693. The van der Waals surface area contributed by atoms with Gasteiger partial charge >= 0.3 is 11.8 Å². The summed E-state index contributed by atoms with van der Waals surface area (Å²) in [5, 5.41) is 5.45. The van der Waals surface area contributed by atoms with Crippen molar-refractivity contribution >= 4 is 17.5 Å². The number of nitrogens with one attached hydrogen (secondary N) is 2. The third-order valence-corrected chi connectivity index (χ3v) is 4.81. The zero-order valence-corrected chi connectivity index (χ0v) is 17.0. The lowest BCUT2D eigenvalue weighted by Crippen LogP contribution is -2.37. The van der Waals surface area contributed by atoms with Gasteiger partial charge in [0.2, 0.25) is 0 Å². The van der Waals surface area contributed by atoms with Crippen LogP contribution < -0.4 is 20.1 Å². The minimum Gasteiger partial charge on any atom is -0.493 e. The summed E-state index contributed by atoms with van der Waals surface area (Å²) >= 11 is 0. The third-order valence-electron chi connectivity index (χ3n) is 4.81. The van der Waals surface area contributed by atoms with Gasteiger partial charge in [0.25, 0.3) is 0 Å². The number of para-hydroxylation sites is 1. The summed E-state index contributed by atoms with van der Waals surface area (Å²) in [6.07, 6.45) is 0.940. The van der Waals surface area contributed by atoms with Crippen molar-refractivity contribution in [3.63, 3.8) is 0 Å². The summed E-state index contributed by atoms with van der Waals surface area (Å²) in [6, 6.07) is 12.5. The van der Waals surface area contributed by atoms with E-state index in [1.54, 1.807) is 33.3 Å². The maximum atomic E-state index is 12.4. The van der Waals surface area contributed by atoms with E-state index in [-0.39, 0.29) is 12.0 Å². The summed E-state index contributed by atoms with van der Waals surface area (Å²) < 4.78 is 10.5. The van der Waals surface area contributed by atoms with Crippen LogP contribution >= 0.6 is 0 Å². The monoisotopic (exact) mass is 384 g/mol. The summed E-state index contributed by atoms with van der Waals surface area (Å²) in [6.45, 7) is 5.98. The molecule has 2 aromatic carbocycles. The average molecular weight is 384 g/mol. The largest absolute Gasteiger partial charge is 0.493 e. The number of carbonyl (C=O) groups excluding carboxylic acids is 2. The second-order valence-electron chi connectivity index (χ2n) is 6.66. The van der Waals surface area contributed by atoms with Gasteiger partial charge in [0.1, 0.15) is 0 Å². The van der Waals surface area contributed by atoms with Gasteiger partial charge in [0, 0.05) is 5.69 Å². The molecule has 0 aliphatic rings. The van der Waals surface area contributed by atoms with Crippen molar-refractivity contribution in [2.24, 2.45) is 0 Å². The van der Waals surface area contributed by atoms with Crippen LogP contribution in [0.25, 0.3) is 0 Å². The van der Waals surface area contributed by atoms with Crippen molar-refractivity contribution in [2.75, 3.05) is 19.5 Å². The molecule has 0 aliphatic heterocycles. The van der Waals surface area contributed by atoms with Crippen molar-refractivity contribution in [2.45, 2.75) is 39.2 Å². The Morgan fingerprint density at radius 2 is 1.64 bits per heavy atom. The predicted octanol–water partition coefficient (Wildman–Crippen LogP) is 4.03. The topological polar surface area (TPSA) is 76.7 Å². The first-order valence-corrected chi connectivity index (χ1v) is 9.33. The molecule has 6 heteroatoms. The van der Waals surface area contributed by atoms with Gasteiger partial charge in [-0.1, -0.05) is 38.1 Å². The van der Waals surface area contributed by atoms with Crippen molar-refractivity contribution in [3.05, 3.63) is 53.6 Å². The molecule has 2 aromatic rings. The van der Waals surface area contributed by atoms with E-state index in [0.29, 0.717) is 17.2 Å². The lowest BCUT2D eigenvalue weighted by atomic mass is 9.97. The van der Waals surface area contributed by atoms with Crippen LogP contribution in [0.1, 0.15) is 50.3 Å². The van der Waals surface area contributed by atoms with E-state index < -0.39 is 11.8 Å². The fraction of sp³-hybridized carbons (Fsp3) is 0.364. The lowest BCUT2D eigenvalue weighted by molar-refractivity contribution is -0.136. The number of anilines is 1. The number of ether oxygens (including phenoxy) is 2. The quantitative estimate of drug-likeness (QED) is 0.707. The van der Waals surface area contributed by atoms with E-state index in [1.165, 1.54) is 0 Å². The van der Waals surface area contributed by atoms with Crippen LogP contribution in [0, 0.1) is 0 Å². The molecule has 0 aromatic heterocycles. The highest BCUT2D eigenvalue weighted by atomic mass is 16.5. The van der Waals surface area contributed by atoms with Gasteiger partial charge in [0.05, 0.1) is 20.3 Å². The molecule has 0 aliphatic carbocycles. The number of benzene rings is 2. The van der Waals surface area contributed by atoms with E-state index in [1.807, 2.05) is 30.3 Å². The molecule has 150 valence electrons. The number of carbonyl (C=O) groups is 2. The number of hydrogen-bond acceptors (Lipinski definition) is 4. The van der Waals surface area contributed by atoms with Gasteiger partial charge in [-0.25, -0.2) is 0 Å². The molecule has 2 atom stereocenters. The molecule has 0 fully saturated rings. The van der Waals surface area contributed by atoms with Gasteiger partial charge < -0.3 is 20.1 Å². The highest BCUT2D eigenvalue weighted by Crippen LogP contribution is 2.30. The summed E-state index contributed by atoms with van der Waals surface area (Å²) in [4.78, 5) is 24.8. The van der Waals surface area contributed by atoms with E-state index in [2.05, 4.69) is 24.5 Å². The number of rotatable bonds is 7. The summed E-state index contributed by atoms with van der Waals surface area (Å²) in [7, 11) is 3.11. The minimum absolute atomic E-state index is 0.283. The smallest absolute Gasteiger partial charge is 0.313 e. The maximum Gasteiger partial charge on any atom is 0.313 e. The Hall–Kier alpha value is -3.02. The highest BCUT2D eigenvalue weighted by Gasteiger charge is 2.20. The first-order valence-electron chi connectivity index (χ1n) is 9.33. The third kappa shape index (κ3) is 5.03. The van der Waals surface area contributed by atoms with Crippen molar-refractivity contribution in [1.82, 2.24) is 5.32 Å². The fourth-order valence-corrected chi connectivity index (χ4v) is 2.91. The van der Waals surface area contributed by atoms with Crippen molar-refractivity contribution in [3.8, 4) is 11.5 Å². The van der Waals surface area contributed by atoms with Crippen LogP contribution in [0.5, 0.6) is 11.5 Å². The van der Waals surface area contributed by atoms with E-state index in [9.17, 15) is 9.59 Å². The fourth-order valence-electron chi connectivity index (χ4n) is 2.91. The molecular weight excluding hydrogens is 356 g/mol. The molecule has 0 spiro atoms. The highest BCUT2D eigenvalue weighted by molar-refractivity contribution is 6.39. The molecule has 0 saturated heterocycles. The molecule has 28 heavy (non-hydrogen) atoms. The standard InChI is InChI=1S/C22H28N2O4/c1-6-14(2)17-9-7-8-10-18(17)24-22(26)21(25)23-15(3)16-11-12-19(27-4)20(13-16)28-5/h7-15H,6H2,1-5H3,(H,23,25)(H,24,26). The van der Waals surface area contributed by atoms with Gasteiger partial charge in [-0.3, -0.25) is 9.59 Å². The molecule has 2 unspecified atom stereocenters. The molecule has 2 N–H and O–H groups in total. The molecule has 0 heterocycles. The second-order valence-corrected chi connectivity index (χ2v) is 6.66. The zero-order chi connectivity index (χ0) is 20.7. The Bertz CT molecular complexity index is 835. The molecule has 0 saturated carbocycles. The van der Waals surface area contributed by atoms with Gasteiger partial charge in [-0.05, 0) is 48.6 Å². The average Bonchev–Trinajstić information content (AvgIpc) is 2.72. The summed E-state index contributed by atoms with van der Waals surface area (Å²) in [5.74, 6) is 0.0618. The zero-order valence-electron chi connectivity index (χ0n) is 17.0. The number of amides is 2. The van der Waals surface area contributed by atoms with E-state index >= 15 is 0 Å². The Morgan fingerprint density at radius 1 is 0.964 bits per heavy atom.